The number of rotatable bonds is 5. The summed E-state index contributed by atoms with van der Waals surface area (Å²) in [5, 5.41) is 2.88. The monoisotopic (exact) mass is 388 g/mol. The Labute approximate surface area is 170 Å². The number of anilines is 1. The molecule has 1 unspecified atom stereocenters. The molecule has 1 aliphatic heterocycles. The second-order valence-corrected chi connectivity index (χ2v) is 7.25. The molecule has 0 radical (unpaired) electrons. The second kappa shape index (κ2) is 8.87. The Morgan fingerprint density at radius 1 is 1.17 bits per heavy atom. The average molecular weight is 388 g/mol. The second-order valence-electron chi connectivity index (χ2n) is 7.25. The van der Waals surface area contributed by atoms with Gasteiger partial charge in [0.1, 0.15) is 11.6 Å². The molecule has 0 bridgehead atoms. The van der Waals surface area contributed by atoms with Crippen LogP contribution in [0.25, 0.3) is 0 Å². The first-order valence-corrected chi connectivity index (χ1v) is 9.90. The molecule has 4 rings (SSSR count). The van der Waals surface area contributed by atoms with Crippen molar-refractivity contribution in [1.82, 2.24) is 24.8 Å². The highest BCUT2D eigenvalue weighted by Gasteiger charge is 2.27. The molecule has 148 valence electrons. The third-order valence-electron chi connectivity index (χ3n) is 5.04. The van der Waals surface area contributed by atoms with Gasteiger partial charge in [0.2, 0.25) is 0 Å². The largest absolute Gasteiger partial charge is 0.306 e. The van der Waals surface area contributed by atoms with E-state index >= 15 is 0 Å². The quantitative estimate of drug-likeness (QED) is 0.720. The fraction of sp³-hybridized carbons (Fsp3) is 0.318. The van der Waals surface area contributed by atoms with E-state index in [1.807, 2.05) is 31.3 Å². The van der Waals surface area contributed by atoms with Crippen molar-refractivity contribution in [2.45, 2.75) is 38.8 Å². The normalized spacial score (nSPS) is 17.1. The maximum Gasteiger partial charge on any atom is 0.258 e. The molecule has 0 saturated carbocycles. The van der Waals surface area contributed by atoms with Crippen LogP contribution in [0.1, 0.15) is 52.9 Å². The number of piperidine rings is 1. The van der Waals surface area contributed by atoms with Crippen LogP contribution in [-0.4, -0.2) is 37.3 Å². The van der Waals surface area contributed by atoms with Crippen molar-refractivity contribution >= 4 is 11.7 Å². The topological polar surface area (TPSA) is 83.9 Å². The molecule has 1 saturated heterocycles. The first kappa shape index (κ1) is 19.1. The Hall–Kier alpha value is -3.19. The maximum absolute atomic E-state index is 12.5. The van der Waals surface area contributed by atoms with E-state index in [-0.39, 0.29) is 11.9 Å². The number of aryl methyl sites for hydroxylation is 1. The van der Waals surface area contributed by atoms with E-state index in [1.165, 1.54) is 0 Å². The molecule has 1 amide bonds. The molecule has 29 heavy (non-hydrogen) atoms. The fourth-order valence-electron chi connectivity index (χ4n) is 3.66. The zero-order valence-corrected chi connectivity index (χ0v) is 16.5. The molecule has 4 heterocycles. The van der Waals surface area contributed by atoms with E-state index < -0.39 is 0 Å². The smallest absolute Gasteiger partial charge is 0.258 e. The van der Waals surface area contributed by atoms with E-state index in [1.54, 1.807) is 30.6 Å². The lowest BCUT2D eigenvalue weighted by Gasteiger charge is -2.34. The highest BCUT2D eigenvalue weighted by atomic mass is 16.1. The summed E-state index contributed by atoms with van der Waals surface area (Å²) >= 11 is 0. The van der Waals surface area contributed by atoms with Crippen LogP contribution < -0.4 is 5.32 Å². The van der Waals surface area contributed by atoms with Gasteiger partial charge in [-0.25, -0.2) is 9.97 Å². The van der Waals surface area contributed by atoms with Gasteiger partial charge in [0.25, 0.3) is 5.91 Å². The summed E-state index contributed by atoms with van der Waals surface area (Å²) in [6.07, 6.45) is 8.29. The number of aromatic nitrogens is 4. The van der Waals surface area contributed by atoms with Gasteiger partial charge in [-0.2, -0.15) is 0 Å². The molecule has 1 fully saturated rings. The molecule has 7 nitrogen and oxygen atoms in total. The molecule has 0 aromatic carbocycles. The standard InChI is InChI=1S/C22H24N6O/c1-16-13-20(27-22(29)17-7-6-10-23-14-17)26-21(25-16)19-9-3-5-12-28(19)15-18-8-2-4-11-24-18/h2,4,6-8,10-11,13-14,19H,3,5,9,12,15H2,1H3,(H,25,26,27,29). The first-order chi connectivity index (χ1) is 14.2. The van der Waals surface area contributed by atoms with Crippen LogP contribution in [0, 0.1) is 6.92 Å². The van der Waals surface area contributed by atoms with E-state index in [0.29, 0.717) is 11.4 Å². The number of likely N-dealkylation sites (tertiary alicyclic amines) is 1. The summed E-state index contributed by atoms with van der Waals surface area (Å²) in [6, 6.07) is 11.4. The van der Waals surface area contributed by atoms with Crippen molar-refractivity contribution < 1.29 is 4.79 Å². The third kappa shape index (κ3) is 4.81. The van der Waals surface area contributed by atoms with Crippen LogP contribution in [0.3, 0.4) is 0 Å². The van der Waals surface area contributed by atoms with Gasteiger partial charge in [0.15, 0.2) is 0 Å². The van der Waals surface area contributed by atoms with Gasteiger partial charge in [-0.15, -0.1) is 0 Å². The minimum Gasteiger partial charge on any atom is -0.306 e. The van der Waals surface area contributed by atoms with Crippen molar-refractivity contribution in [3.8, 4) is 0 Å². The van der Waals surface area contributed by atoms with Gasteiger partial charge in [-0.3, -0.25) is 19.7 Å². The lowest BCUT2D eigenvalue weighted by atomic mass is 10.0. The third-order valence-corrected chi connectivity index (χ3v) is 5.04. The Morgan fingerprint density at radius 2 is 2.10 bits per heavy atom. The molecule has 1 N–H and O–H groups in total. The predicted octanol–water partition coefficient (Wildman–Crippen LogP) is 3.55. The van der Waals surface area contributed by atoms with Crippen molar-refractivity contribution in [3.05, 3.63) is 77.8 Å². The Balaban J connectivity index is 1.55. The van der Waals surface area contributed by atoms with Gasteiger partial charge in [-0.05, 0) is 50.6 Å². The number of nitrogens with zero attached hydrogens (tertiary/aromatic N) is 5. The predicted molar refractivity (Wildman–Crippen MR) is 110 cm³/mol. The van der Waals surface area contributed by atoms with Crippen LogP contribution >= 0.6 is 0 Å². The van der Waals surface area contributed by atoms with Crippen LogP contribution in [0.2, 0.25) is 0 Å². The number of carbonyl (C=O) groups excluding carboxylic acids is 1. The summed E-state index contributed by atoms with van der Waals surface area (Å²) in [5.74, 6) is 1.04. The highest BCUT2D eigenvalue weighted by molar-refractivity contribution is 6.03. The summed E-state index contributed by atoms with van der Waals surface area (Å²) in [4.78, 5) is 32.7. The molecule has 1 atom stereocenters. The van der Waals surface area contributed by atoms with Crippen molar-refractivity contribution in [2.75, 3.05) is 11.9 Å². The molecule has 0 spiro atoms. The number of hydrogen-bond donors (Lipinski definition) is 1. The molecular weight excluding hydrogens is 364 g/mol. The Bertz CT molecular complexity index is 964. The summed E-state index contributed by atoms with van der Waals surface area (Å²) < 4.78 is 0. The molecule has 3 aromatic rings. The fourth-order valence-corrected chi connectivity index (χ4v) is 3.66. The zero-order valence-electron chi connectivity index (χ0n) is 16.5. The molecule has 3 aromatic heterocycles. The molecule has 1 aliphatic rings. The van der Waals surface area contributed by atoms with Gasteiger partial charge in [0, 0.05) is 36.9 Å². The van der Waals surface area contributed by atoms with Gasteiger partial charge < -0.3 is 5.32 Å². The number of amides is 1. The molecule has 7 heteroatoms. The van der Waals surface area contributed by atoms with Crippen molar-refractivity contribution in [2.24, 2.45) is 0 Å². The van der Waals surface area contributed by atoms with Crippen LogP contribution in [0.5, 0.6) is 0 Å². The van der Waals surface area contributed by atoms with Crippen LogP contribution in [-0.2, 0) is 6.54 Å². The van der Waals surface area contributed by atoms with Gasteiger partial charge >= 0.3 is 0 Å². The maximum atomic E-state index is 12.5. The van der Waals surface area contributed by atoms with Gasteiger partial charge in [-0.1, -0.05) is 12.5 Å². The number of nitrogens with one attached hydrogen (secondary N) is 1. The lowest BCUT2D eigenvalue weighted by molar-refractivity contribution is 0.102. The summed E-state index contributed by atoms with van der Waals surface area (Å²) in [7, 11) is 0. The van der Waals surface area contributed by atoms with E-state index in [2.05, 4.69) is 25.2 Å². The number of pyridine rings is 2. The van der Waals surface area contributed by atoms with Crippen molar-refractivity contribution in [1.29, 1.82) is 0 Å². The zero-order chi connectivity index (χ0) is 20.1. The summed E-state index contributed by atoms with van der Waals surface area (Å²) in [5.41, 5.74) is 2.37. The van der Waals surface area contributed by atoms with E-state index in [9.17, 15) is 4.79 Å². The minimum absolute atomic E-state index is 0.111. The summed E-state index contributed by atoms with van der Waals surface area (Å²) in [6.45, 7) is 3.67. The Morgan fingerprint density at radius 3 is 2.90 bits per heavy atom. The number of hydrogen-bond acceptors (Lipinski definition) is 6. The highest BCUT2D eigenvalue weighted by Crippen LogP contribution is 2.30. The minimum atomic E-state index is -0.226. The van der Waals surface area contributed by atoms with E-state index in [0.717, 1.165) is 49.6 Å². The lowest BCUT2D eigenvalue weighted by Crippen LogP contribution is -2.34. The SMILES string of the molecule is Cc1cc(NC(=O)c2cccnc2)nc(C2CCCCN2Cc2ccccn2)n1. The van der Waals surface area contributed by atoms with Crippen LogP contribution in [0.15, 0.2) is 55.0 Å². The molecular formula is C22H24N6O. The number of carbonyl (C=O) groups is 1. The van der Waals surface area contributed by atoms with Gasteiger partial charge in [0.05, 0.1) is 17.3 Å². The molecule has 0 aliphatic carbocycles. The average Bonchev–Trinajstić information content (AvgIpc) is 2.75. The van der Waals surface area contributed by atoms with Crippen LogP contribution in [0.4, 0.5) is 5.82 Å². The van der Waals surface area contributed by atoms with Crippen molar-refractivity contribution in [3.63, 3.8) is 0 Å². The Kier molecular flexibility index (Phi) is 5.86. The van der Waals surface area contributed by atoms with E-state index in [4.69, 9.17) is 4.98 Å². The first-order valence-electron chi connectivity index (χ1n) is 9.90.